The lowest BCUT2D eigenvalue weighted by Crippen LogP contribution is -2.00. The second kappa shape index (κ2) is 6.50. The number of benzene rings is 2. The highest BCUT2D eigenvalue weighted by Crippen LogP contribution is 2.25. The van der Waals surface area contributed by atoms with Crippen molar-refractivity contribution in [1.29, 1.82) is 0 Å². The number of hydrogen-bond donors (Lipinski definition) is 1. The van der Waals surface area contributed by atoms with Crippen molar-refractivity contribution in [1.82, 2.24) is 0 Å². The summed E-state index contributed by atoms with van der Waals surface area (Å²) in [5.74, 6) is 0.317. The Morgan fingerprint density at radius 1 is 1.05 bits per heavy atom. The second-order valence-corrected chi connectivity index (χ2v) is 5.70. The first-order chi connectivity index (χ1) is 9.10. The molecule has 0 amide bonds. The molecule has 0 fully saturated rings. The van der Waals surface area contributed by atoms with Crippen LogP contribution in [-0.2, 0) is 13.2 Å². The van der Waals surface area contributed by atoms with Gasteiger partial charge in [-0.05, 0) is 30.3 Å². The van der Waals surface area contributed by atoms with E-state index in [-0.39, 0.29) is 12.4 Å². The van der Waals surface area contributed by atoms with Crippen molar-refractivity contribution in [2.45, 2.75) is 13.2 Å². The lowest BCUT2D eigenvalue weighted by atomic mass is 10.2. The molecule has 0 atom stereocenters. The molecule has 100 valence electrons. The highest BCUT2D eigenvalue weighted by atomic mass is 79.9. The Balaban J connectivity index is 2.14. The van der Waals surface area contributed by atoms with Gasteiger partial charge in [-0.3, -0.25) is 0 Å². The third-order valence-corrected chi connectivity index (χ3v) is 3.82. The highest BCUT2D eigenvalue weighted by Gasteiger charge is 2.06. The molecular weight excluding hydrogens is 379 g/mol. The molecule has 2 aromatic rings. The summed E-state index contributed by atoms with van der Waals surface area (Å²) in [6, 6.07) is 9.87. The molecule has 0 unspecified atom stereocenters. The van der Waals surface area contributed by atoms with Crippen LogP contribution in [0.25, 0.3) is 0 Å². The van der Waals surface area contributed by atoms with Crippen molar-refractivity contribution in [2.24, 2.45) is 0 Å². The Labute approximate surface area is 127 Å². The lowest BCUT2D eigenvalue weighted by molar-refractivity contribution is 0.258. The molecule has 0 heterocycles. The van der Waals surface area contributed by atoms with Crippen LogP contribution in [0.1, 0.15) is 11.1 Å². The maximum absolute atomic E-state index is 13.0. The summed E-state index contributed by atoms with van der Waals surface area (Å²) in [7, 11) is 0. The molecule has 0 aliphatic carbocycles. The van der Waals surface area contributed by atoms with Crippen LogP contribution in [0, 0.1) is 5.82 Å². The van der Waals surface area contributed by atoms with Crippen LogP contribution in [0.5, 0.6) is 5.75 Å². The van der Waals surface area contributed by atoms with Crippen molar-refractivity contribution in [3.8, 4) is 5.75 Å². The van der Waals surface area contributed by atoms with Crippen LogP contribution in [-0.4, -0.2) is 5.11 Å². The number of aliphatic hydroxyl groups is 1. The molecule has 0 bridgehead atoms. The predicted octanol–water partition coefficient (Wildman–Crippen LogP) is 4.42. The largest absolute Gasteiger partial charge is 0.488 e. The number of halogens is 3. The van der Waals surface area contributed by atoms with Crippen molar-refractivity contribution in [2.75, 3.05) is 0 Å². The second-order valence-electron chi connectivity index (χ2n) is 3.93. The van der Waals surface area contributed by atoms with E-state index in [1.807, 2.05) is 6.07 Å². The summed E-state index contributed by atoms with van der Waals surface area (Å²) in [6.45, 7) is 0.203. The summed E-state index contributed by atoms with van der Waals surface area (Å²) >= 11 is 6.63. The number of ether oxygens (including phenoxy) is 1. The van der Waals surface area contributed by atoms with E-state index >= 15 is 0 Å². The molecule has 0 radical (unpaired) electrons. The normalized spacial score (nSPS) is 10.5. The van der Waals surface area contributed by atoms with Gasteiger partial charge in [0.25, 0.3) is 0 Å². The predicted molar refractivity (Wildman–Crippen MR) is 78.5 cm³/mol. The first-order valence-corrected chi connectivity index (χ1v) is 7.15. The van der Waals surface area contributed by atoms with E-state index in [1.165, 1.54) is 12.1 Å². The average Bonchev–Trinajstić information content (AvgIpc) is 2.39. The molecule has 5 heteroatoms. The molecule has 0 aliphatic heterocycles. The first kappa shape index (κ1) is 14.5. The fraction of sp³-hybridized carbons (Fsp3) is 0.143. The quantitative estimate of drug-likeness (QED) is 0.838. The molecule has 0 saturated heterocycles. The van der Waals surface area contributed by atoms with Gasteiger partial charge in [0.15, 0.2) is 0 Å². The summed E-state index contributed by atoms with van der Waals surface area (Å²) in [4.78, 5) is 0. The Kier molecular flexibility index (Phi) is 4.96. The van der Waals surface area contributed by atoms with Gasteiger partial charge in [-0.1, -0.05) is 37.9 Å². The van der Waals surface area contributed by atoms with E-state index in [0.717, 1.165) is 10.0 Å². The van der Waals surface area contributed by atoms with Gasteiger partial charge in [0.2, 0.25) is 0 Å². The summed E-state index contributed by atoms with van der Waals surface area (Å²) in [6.07, 6.45) is 0. The van der Waals surface area contributed by atoms with Crippen LogP contribution in [0.4, 0.5) is 4.39 Å². The van der Waals surface area contributed by atoms with Gasteiger partial charge >= 0.3 is 0 Å². The van der Waals surface area contributed by atoms with Gasteiger partial charge in [0.05, 0.1) is 6.61 Å². The van der Waals surface area contributed by atoms with Crippen LogP contribution >= 0.6 is 31.9 Å². The smallest absolute Gasteiger partial charge is 0.125 e. The van der Waals surface area contributed by atoms with Crippen molar-refractivity contribution >= 4 is 31.9 Å². The Morgan fingerprint density at radius 2 is 1.84 bits per heavy atom. The number of aliphatic hydroxyl groups excluding tert-OH is 1. The van der Waals surface area contributed by atoms with Gasteiger partial charge in [-0.15, -0.1) is 0 Å². The number of hydrogen-bond acceptors (Lipinski definition) is 2. The Hall–Kier alpha value is -0.910. The fourth-order valence-corrected chi connectivity index (χ4v) is 2.48. The minimum Gasteiger partial charge on any atom is -0.488 e. The van der Waals surface area contributed by atoms with Gasteiger partial charge in [0, 0.05) is 20.1 Å². The molecular formula is C14H11Br2FO2. The standard InChI is InChI=1S/C14H11Br2FO2/c15-11-2-4-14(10(5-11)7-18)19-8-9-1-3-12(17)6-13(9)16/h1-6,18H,7-8H2. The van der Waals surface area contributed by atoms with E-state index < -0.39 is 0 Å². The molecule has 0 saturated carbocycles. The molecule has 1 N–H and O–H groups in total. The molecule has 0 aliphatic rings. The molecule has 19 heavy (non-hydrogen) atoms. The Bertz CT molecular complexity index is 588. The summed E-state index contributed by atoms with van der Waals surface area (Å²) < 4.78 is 20.2. The van der Waals surface area contributed by atoms with Gasteiger partial charge < -0.3 is 9.84 Å². The highest BCUT2D eigenvalue weighted by molar-refractivity contribution is 9.10. The van der Waals surface area contributed by atoms with E-state index in [2.05, 4.69) is 31.9 Å². The topological polar surface area (TPSA) is 29.5 Å². The molecule has 2 rings (SSSR count). The minimum atomic E-state index is -0.296. The van der Waals surface area contributed by atoms with Gasteiger partial charge in [0.1, 0.15) is 18.2 Å². The van der Waals surface area contributed by atoms with E-state index in [0.29, 0.717) is 22.4 Å². The maximum Gasteiger partial charge on any atom is 0.125 e. The third-order valence-electron chi connectivity index (χ3n) is 2.59. The maximum atomic E-state index is 13.0. The first-order valence-electron chi connectivity index (χ1n) is 5.56. The molecule has 0 spiro atoms. The van der Waals surface area contributed by atoms with E-state index in [9.17, 15) is 9.50 Å². The van der Waals surface area contributed by atoms with Crippen molar-refractivity contribution in [3.63, 3.8) is 0 Å². The minimum absolute atomic E-state index is 0.0979. The van der Waals surface area contributed by atoms with E-state index in [4.69, 9.17) is 4.74 Å². The monoisotopic (exact) mass is 388 g/mol. The number of rotatable bonds is 4. The fourth-order valence-electron chi connectivity index (χ4n) is 1.61. The van der Waals surface area contributed by atoms with Crippen molar-refractivity contribution < 1.29 is 14.2 Å². The van der Waals surface area contributed by atoms with Crippen LogP contribution in [0.3, 0.4) is 0 Å². The average molecular weight is 390 g/mol. The van der Waals surface area contributed by atoms with Crippen LogP contribution in [0.15, 0.2) is 45.3 Å². The molecule has 0 aromatic heterocycles. The van der Waals surface area contributed by atoms with Gasteiger partial charge in [-0.25, -0.2) is 4.39 Å². The van der Waals surface area contributed by atoms with Gasteiger partial charge in [-0.2, -0.15) is 0 Å². The molecule has 2 nitrogen and oxygen atoms in total. The van der Waals surface area contributed by atoms with Crippen molar-refractivity contribution in [3.05, 3.63) is 62.3 Å². The van der Waals surface area contributed by atoms with E-state index in [1.54, 1.807) is 18.2 Å². The summed E-state index contributed by atoms with van der Waals surface area (Å²) in [5.41, 5.74) is 1.54. The lowest BCUT2D eigenvalue weighted by Gasteiger charge is -2.11. The van der Waals surface area contributed by atoms with Crippen LogP contribution < -0.4 is 4.74 Å². The Morgan fingerprint density at radius 3 is 2.53 bits per heavy atom. The third kappa shape index (κ3) is 3.78. The zero-order chi connectivity index (χ0) is 13.8. The summed E-state index contributed by atoms with van der Waals surface area (Å²) in [5, 5.41) is 9.27. The van der Waals surface area contributed by atoms with Crippen LogP contribution in [0.2, 0.25) is 0 Å². The zero-order valence-electron chi connectivity index (χ0n) is 9.87. The molecule has 2 aromatic carbocycles. The SMILES string of the molecule is OCc1cc(Br)ccc1OCc1ccc(F)cc1Br. The zero-order valence-corrected chi connectivity index (χ0v) is 13.0.